The fourth-order valence-electron chi connectivity index (χ4n) is 1.25. The number of nitrogens with two attached hydrogens (primary N) is 1. The molecule has 0 fully saturated rings. The molecule has 0 bridgehead atoms. The molecule has 2 nitrogen and oxygen atoms in total. The summed E-state index contributed by atoms with van der Waals surface area (Å²) in [5.74, 6) is 0. The summed E-state index contributed by atoms with van der Waals surface area (Å²) in [6.45, 7) is 4.47. The molecule has 0 spiro atoms. The first-order valence-electron chi connectivity index (χ1n) is 4.98. The van der Waals surface area contributed by atoms with Crippen molar-refractivity contribution in [1.29, 1.82) is 0 Å². The van der Waals surface area contributed by atoms with Crippen LogP contribution in [0.25, 0.3) is 0 Å². The number of rotatable bonds is 4. The van der Waals surface area contributed by atoms with Crippen LogP contribution in [-0.4, -0.2) is 17.8 Å². The van der Waals surface area contributed by atoms with E-state index in [0.717, 1.165) is 5.56 Å². The maximum absolute atomic E-state index is 9.95. The van der Waals surface area contributed by atoms with E-state index in [1.165, 1.54) is 0 Å². The predicted octanol–water partition coefficient (Wildman–Crippen LogP) is 1.57. The van der Waals surface area contributed by atoms with Gasteiger partial charge in [-0.15, -0.1) is 0 Å². The molecule has 0 saturated carbocycles. The van der Waals surface area contributed by atoms with Crippen molar-refractivity contribution >= 4 is 0 Å². The van der Waals surface area contributed by atoms with Crippen LogP contribution in [0.4, 0.5) is 0 Å². The molecule has 78 valence electrons. The van der Waals surface area contributed by atoms with Crippen molar-refractivity contribution in [2.24, 2.45) is 11.1 Å². The monoisotopic (exact) mass is 193 g/mol. The van der Waals surface area contributed by atoms with Gasteiger partial charge in [0.2, 0.25) is 0 Å². The number of aliphatic hydroxyl groups excluding tert-OH is 1. The summed E-state index contributed by atoms with van der Waals surface area (Å²) in [6.07, 6.45) is 0.292. The zero-order valence-corrected chi connectivity index (χ0v) is 8.90. The molecular formula is C12H19NO. The smallest absolute Gasteiger partial charge is 0.0643 e. The number of benzene rings is 1. The highest BCUT2D eigenvalue weighted by Gasteiger charge is 2.25. The number of hydrogen-bond acceptors (Lipinski definition) is 2. The second kappa shape index (κ2) is 4.58. The topological polar surface area (TPSA) is 46.2 Å². The predicted molar refractivity (Wildman–Crippen MR) is 59.0 cm³/mol. The highest BCUT2D eigenvalue weighted by Crippen LogP contribution is 2.21. The van der Waals surface area contributed by atoms with Gasteiger partial charge < -0.3 is 10.8 Å². The van der Waals surface area contributed by atoms with Gasteiger partial charge in [-0.1, -0.05) is 44.2 Å². The second-order valence-electron chi connectivity index (χ2n) is 4.40. The maximum Gasteiger partial charge on any atom is 0.0643 e. The Kier molecular flexibility index (Phi) is 3.67. The lowest BCUT2D eigenvalue weighted by atomic mass is 9.83. The Balaban J connectivity index is 2.62. The van der Waals surface area contributed by atoms with E-state index in [1.54, 1.807) is 0 Å². The largest absolute Gasteiger partial charge is 0.392 e. The lowest BCUT2D eigenvalue weighted by molar-refractivity contribution is 0.0566. The SMILES string of the molecule is CC(C)(CN)C(O)Cc1ccccc1. The third-order valence-electron chi connectivity index (χ3n) is 2.70. The van der Waals surface area contributed by atoms with Crippen molar-refractivity contribution in [3.8, 4) is 0 Å². The average molecular weight is 193 g/mol. The van der Waals surface area contributed by atoms with E-state index in [4.69, 9.17) is 5.73 Å². The van der Waals surface area contributed by atoms with Gasteiger partial charge in [0.1, 0.15) is 0 Å². The Morgan fingerprint density at radius 2 is 1.86 bits per heavy atom. The van der Waals surface area contributed by atoms with Crippen LogP contribution in [0.5, 0.6) is 0 Å². The van der Waals surface area contributed by atoms with Crippen LogP contribution < -0.4 is 5.73 Å². The summed E-state index contributed by atoms with van der Waals surface area (Å²) in [6, 6.07) is 9.99. The van der Waals surface area contributed by atoms with Gasteiger partial charge in [-0.25, -0.2) is 0 Å². The minimum absolute atomic E-state index is 0.212. The molecule has 0 aliphatic heterocycles. The Morgan fingerprint density at radius 1 is 1.29 bits per heavy atom. The van der Waals surface area contributed by atoms with E-state index in [2.05, 4.69) is 0 Å². The molecule has 2 heteroatoms. The fourth-order valence-corrected chi connectivity index (χ4v) is 1.25. The standard InChI is InChI=1S/C12H19NO/c1-12(2,9-13)11(14)8-10-6-4-3-5-7-10/h3-7,11,14H,8-9,13H2,1-2H3. The highest BCUT2D eigenvalue weighted by molar-refractivity contribution is 5.16. The van der Waals surface area contributed by atoms with Crippen molar-refractivity contribution in [2.75, 3.05) is 6.54 Å². The first kappa shape index (κ1) is 11.2. The molecule has 1 aromatic rings. The maximum atomic E-state index is 9.95. The molecule has 0 aliphatic carbocycles. The van der Waals surface area contributed by atoms with Gasteiger partial charge in [0.25, 0.3) is 0 Å². The summed E-state index contributed by atoms with van der Waals surface area (Å²) >= 11 is 0. The average Bonchev–Trinajstić information content (AvgIpc) is 2.19. The number of hydrogen-bond donors (Lipinski definition) is 2. The van der Waals surface area contributed by atoms with Crippen molar-refractivity contribution in [3.05, 3.63) is 35.9 Å². The normalized spacial score (nSPS) is 14.0. The van der Waals surface area contributed by atoms with E-state index in [9.17, 15) is 5.11 Å². The molecule has 1 aromatic carbocycles. The highest BCUT2D eigenvalue weighted by atomic mass is 16.3. The third-order valence-corrected chi connectivity index (χ3v) is 2.70. The Labute approximate surface area is 85.8 Å². The minimum Gasteiger partial charge on any atom is -0.392 e. The zero-order chi connectivity index (χ0) is 10.6. The molecule has 3 N–H and O–H groups in total. The first-order valence-corrected chi connectivity index (χ1v) is 4.98. The summed E-state index contributed by atoms with van der Waals surface area (Å²) in [5.41, 5.74) is 6.54. The van der Waals surface area contributed by atoms with E-state index >= 15 is 0 Å². The van der Waals surface area contributed by atoms with E-state index in [-0.39, 0.29) is 11.5 Å². The number of aliphatic hydroxyl groups is 1. The first-order chi connectivity index (χ1) is 6.56. The Morgan fingerprint density at radius 3 is 2.36 bits per heavy atom. The van der Waals surface area contributed by atoms with Crippen LogP contribution >= 0.6 is 0 Å². The van der Waals surface area contributed by atoms with Crippen LogP contribution in [0.1, 0.15) is 19.4 Å². The summed E-state index contributed by atoms with van der Waals surface area (Å²) in [7, 11) is 0. The van der Waals surface area contributed by atoms with Crippen molar-refractivity contribution in [1.82, 2.24) is 0 Å². The molecule has 0 heterocycles. The summed E-state index contributed by atoms with van der Waals surface area (Å²) in [4.78, 5) is 0. The molecule has 1 atom stereocenters. The molecule has 0 aliphatic rings. The van der Waals surface area contributed by atoms with E-state index < -0.39 is 0 Å². The minimum atomic E-state index is -0.380. The van der Waals surface area contributed by atoms with Crippen LogP contribution in [0, 0.1) is 5.41 Å². The van der Waals surface area contributed by atoms with Gasteiger partial charge in [-0.3, -0.25) is 0 Å². The molecule has 1 unspecified atom stereocenters. The van der Waals surface area contributed by atoms with Crippen LogP contribution in [0.2, 0.25) is 0 Å². The zero-order valence-electron chi connectivity index (χ0n) is 8.90. The second-order valence-corrected chi connectivity index (χ2v) is 4.40. The molecule has 0 radical (unpaired) electrons. The van der Waals surface area contributed by atoms with Gasteiger partial charge in [0, 0.05) is 5.41 Å². The van der Waals surface area contributed by atoms with Gasteiger partial charge in [0.15, 0.2) is 0 Å². The third kappa shape index (κ3) is 2.82. The van der Waals surface area contributed by atoms with Gasteiger partial charge in [0.05, 0.1) is 6.10 Å². The molecule has 1 rings (SSSR count). The van der Waals surface area contributed by atoms with Crippen molar-refractivity contribution in [2.45, 2.75) is 26.4 Å². The molecule has 0 amide bonds. The summed E-state index contributed by atoms with van der Waals surface area (Å²) < 4.78 is 0. The lowest BCUT2D eigenvalue weighted by Gasteiger charge is -2.28. The quantitative estimate of drug-likeness (QED) is 0.762. The van der Waals surface area contributed by atoms with Crippen LogP contribution in [0.3, 0.4) is 0 Å². The van der Waals surface area contributed by atoms with Gasteiger partial charge >= 0.3 is 0 Å². The molecular weight excluding hydrogens is 174 g/mol. The van der Waals surface area contributed by atoms with E-state index in [1.807, 2.05) is 44.2 Å². The summed E-state index contributed by atoms with van der Waals surface area (Å²) in [5, 5.41) is 9.95. The van der Waals surface area contributed by atoms with Crippen molar-refractivity contribution < 1.29 is 5.11 Å². The molecule has 14 heavy (non-hydrogen) atoms. The Hall–Kier alpha value is -0.860. The fraction of sp³-hybridized carbons (Fsp3) is 0.500. The molecule has 0 saturated heterocycles. The van der Waals surface area contributed by atoms with Crippen LogP contribution in [-0.2, 0) is 6.42 Å². The van der Waals surface area contributed by atoms with Gasteiger partial charge in [-0.2, -0.15) is 0 Å². The molecule has 0 aromatic heterocycles. The Bertz CT molecular complexity index is 269. The van der Waals surface area contributed by atoms with Crippen molar-refractivity contribution in [3.63, 3.8) is 0 Å². The lowest BCUT2D eigenvalue weighted by Crippen LogP contribution is -2.37. The van der Waals surface area contributed by atoms with Gasteiger partial charge in [-0.05, 0) is 18.5 Å². The van der Waals surface area contributed by atoms with E-state index in [0.29, 0.717) is 13.0 Å². The van der Waals surface area contributed by atoms with Crippen LogP contribution in [0.15, 0.2) is 30.3 Å².